The number of hydrogen-bond acceptors (Lipinski definition) is 5. The Labute approximate surface area is 198 Å². The largest absolute Gasteiger partial charge is 0.479 e. The zero-order valence-corrected chi connectivity index (χ0v) is 20.3. The van der Waals surface area contributed by atoms with Crippen molar-refractivity contribution in [3.8, 4) is 5.75 Å². The second-order valence-corrected chi connectivity index (χ2v) is 8.81. The van der Waals surface area contributed by atoms with Gasteiger partial charge in [0, 0.05) is 5.02 Å². The van der Waals surface area contributed by atoms with Crippen LogP contribution in [0.5, 0.6) is 5.75 Å². The summed E-state index contributed by atoms with van der Waals surface area (Å²) in [5, 5.41) is 7.35. The molecule has 30 heavy (non-hydrogen) atoms. The molecular formula is C20H22Cl2IN3O4. The van der Waals surface area contributed by atoms with Crippen LogP contribution in [0.1, 0.15) is 33.0 Å². The second kappa shape index (κ2) is 11.6. The van der Waals surface area contributed by atoms with Gasteiger partial charge in [0.15, 0.2) is 9.87 Å². The number of hydrazone groups is 1. The summed E-state index contributed by atoms with van der Waals surface area (Å²) in [6.07, 6.45) is 0.947. The highest BCUT2D eigenvalue weighted by Crippen LogP contribution is 2.28. The molecule has 1 heterocycles. The van der Waals surface area contributed by atoms with Gasteiger partial charge in [-0.2, -0.15) is 5.10 Å². The van der Waals surface area contributed by atoms with E-state index in [1.54, 1.807) is 31.2 Å². The van der Waals surface area contributed by atoms with Crippen LogP contribution in [-0.2, 0) is 9.59 Å². The van der Waals surface area contributed by atoms with Gasteiger partial charge in [-0.25, -0.2) is 5.43 Å². The molecule has 2 atom stereocenters. The molecule has 0 fully saturated rings. The fraction of sp³-hybridized carbons (Fsp3) is 0.350. The molecule has 7 nitrogen and oxygen atoms in total. The maximum absolute atomic E-state index is 12.6. The standard InChI is InChI=1S/C20H22Cl2IN3O4/c1-11(2)8-16(20(28)26-24-10-14-5-7-18(23)30-14)25-19(27)12(3)29-17-6-4-13(21)9-15(17)22/h4-7,9-12,16H,8H2,1-3H3,(H,25,27)(H,26,28)/b24-10-/t12-,16+/m1/s1. The first-order valence-electron chi connectivity index (χ1n) is 9.16. The number of amides is 2. The predicted octanol–water partition coefficient (Wildman–Crippen LogP) is 4.64. The molecule has 0 unspecified atom stereocenters. The summed E-state index contributed by atoms with van der Waals surface area (Å²) in [5.41, 5.74) is 2.43. The molecule has 0 aliphatic carbocycles. The van der Waals surface area contributed by atoms with Crippen molar-refractivity contribution in [3.05, 3.63) is 49.9 Å². The average Bonchev–Trinajstić information content (AvgIpc) is 3.08. The van der Waals surface area contributed by atoms with E-state index in [4.69, 9.17) is 32.4 Å². The molecular weight excluding hydrogens is 544 g/mol. The number of furan rings is 1. The number of carbonyl (C=O) groups is 2. The minimum atomic E-state index is -0.875. The van der Waals surface area contributed by atoms with Crippen LogP contribution in [0.2, 0.25) is 10.0 Å². The number of ether oxygens (including phenoxy) is 1. The van der Waals surface area contributed by atoms with Crippen LogP contribution in [0.15, 0.2) is 39.9 Å². The molecule has 0 spiro atoms. The highest BCUT2D eigenvalue weighted by molar-refractivity contribution is 14.1. The molecule has 0 saturated carbocycles. The third-order valence-electron chi connectivity index (χ3n) is 3.87. The Kier molecular flexibility index (Phi) is 9.44. The summed E-state index contributed by atoms with van der Waals surface area (Å²) >= 11 is 14.0. The monoisotopic (exact) mass is 565 g/mol. The molecule has 2 amide bonds. The van der Waals surface area contributed by atoms with Crippen LogP contribution in [0.3, 0.4) is 0 Å². The summed E-state index contributed by atoms with van der Waals surface area (Å²) in [6, 6.07) is 7.44. The third kappa shape index (κ3) is 7.81. The van der Waals surface area contributed by atoms with Crippen molar-refractivity contribution in [3.63, 3.8) is 0 Å². The second-order valence-electron chi connectivity index (χ2n) is 6.90. The van der Waals surface area contributed by atoms with Crippen molar-refractivity contribution in [1.82, 2.24) is 10.7 Å². The molecule has 2 aromatic rings. The lowest BCUT2D eigenvalue weighted by Crippen LogP contribution is -2.49. The van der Waals surface area contributed by atoms with Gasteiger partial charge in [0.1, 0.15) is 17.6 Å². The maximum Gasteiger partial charge on any atom is 0.262 e. The highest BCUT2D eigenvalue weighted by atomic mass is 127. The van der Waals surface area contributed by atoms with Crippen molar-refractivity contribution >= 4 is 63.8 Å². The number of halogens is 3. The van der Waals surface area contributed by atoms with E-state index >= 15 is 0 Å². The number of benzene rings is 1. The maximum atomic E-state index is 12.6. The van der Waals surface area contributed by atoms with E-state index in [-0.39, 0.29) is 5.92 Å². The smallest absolute Gasteiger partial charge is 0.262 e. The zero-order valence-electron chi connectivity index (χ0n) is 16.6. The molecule has 0 saturated heterocycles. The van der Waals surface area contributed by atoms with Crippen LogP contribution in [0.4, 0.5) is 0 Å². The summed E-state index contributed by atoms with van der Waals surface area (Å²) in [6.45, 7) is 5.48. The van der Waals surface area contributed by atoms with Crippen LogP contribution in [0.25, 0.3) is 0 Å². The normalized spacial score (nSPS) is 13.3. The summed E-state index contributed by atoms with van der Waals surface area (Å²) in [5.74, 6) is 0.105. The Morgan fingerprint density at radius 3 is 2.53 bits per heavy atom. The third-order valence-corrected chi connectivity index (χ3v) is 4.98. The van der Waals surface area contributed by atoms with Gasteiger partial charge in [-0.3, -0.25) is 9.59 Å². The van der Waals surface area contributed by atoms with Crippen molar-refractivity contribution in [1.29, 1.82) is 0 Å². The Bertz CT molecular complexity index is 917. The lowest BCUT2D eigenvalue weighted by atomic mass is 10.0. The molecule has 0 aliphatic rings. The molecule has 10 heteroatoms. The minimum Gasteiger partial charge on any atom is -0.479 e. The average molecular weight is 566 g/mol. The number of nitrogens with one attached hydrogen (secondary N) is 2. The Balaban J connectivity index is 1.98. The predicted molar refractivity (Wildman–Crippen MR) is 125 cm³/mol. The number of carbonyl (C=O) groups excluding carboxylic acids is 2. The van der Waals surface area contributed by atoms with E-state index in [9.17, 15) is 9.59 Å². The van der Waals surface area contributed by atoms with Gasteiger partial charge < -0.3 is 14.5 Å². The van der Waals surface area contributed by atoms with E-state index in [0.29, 0.717) is 31.7 Å². The Hall–Kier alpha value is -1.78. The van der Waals surface area contributed by atoms with Crippen molar-refractivity contribution in [2.45, 2.75) is 39.3 Å². The highest BCUT2D eigenvalue weighted by Gasteiger charge is 2.25. The molecule has 0 radical (unpaired) electrons. The van der Waals surface area contributed by atoms with E-state index in [1.807, 2.05) is 36.4 Å². The van der Waals surface area contributed by atoms with Gasteiger partial charge in [0.25, 0.3) is 11.8 Å². The quantitative estimate of drug-likeness (QED) is 0.263. The first kappa shape index (κ1) is 24.5. The van der Waals surface area contributed by atoms with E-state index in [2.05, 4.69) is 15.8 Å². The van der Waals surface area contributed by atoms with Gasteiger partial charge >= 0.3 is 0 Å². The van der Waals surface area contributed by atoms with Gasteiger partial charge in [-0.1, -0.05) is 37.0 Å². The first-order valence-corrected chi connectivity index (χ1v) is 11.0. The van der Waals surface area contributed by atoms with Gasteiger partial charge in [0.2, 0.25) is 0 Å². The van der Waals surface area contributed by atoms with Crippen molar-refractivity contribution in [2.75, 3.05) is 0 Å². The SMILES string of the molecule is CC(C)C[C@H](NC(=O)[C@@H](C)Oc1ccc(Cl)cc1Cl)C(=O)N/N=C\c1ccc(I)o1. The van der Waals surface area contributed by atoms with Crippen LogP contribution in [-0.4, -0.2) is 30.2 Å². The van der Waals surface area contributed by atoms with E-state index in [1.165, 1.54) is 12.3 Å². The van der Waals surface area contributed by atoms with Gasteiger partial charge in [0.05, 0.1) is 11.2 Å². The molecule has 1 aromatic heterocycles. The van der Waals surface area contributed by atoms with E-state index in [0.717, 1.165) is 0 Å². The molecule has 2 N–H and O–H groups in total. The summed E-state index contributed by atoms with van der Waals surface area (Å²) in [7, 11) is 0. The van der Waals surface area contributed by atoms with Gasteiger partial charge in [-0.05, 0) is 72.2 Å². The van der Waals surface area contributed by atoms with Crippen LogP contribution >= 0.6 is 45.8 Å². The minimum absolute atomic E-state index is 0.165. The zero-order chi connectivity index (χ0) is 22.3. The molecule has 162 valence electrons. The molecule has 1 aromatic carbocycles. The summed E-state index contributed by atoms with van der Waals surface area (Å²) in [4.78, 5) is 25.1. The van der Waals surface area contributed by atoms with Gasteiger partial charge in [-0.15, -0.1) is 0 Å². The van der Waals surface area contributed by atoms with Crippen LogP contribution < -0.4 is 15.5 Å². The number of nitrogens with zero attached hydrogens (tertiary/aromatic N) is 1. The fourth-order valence-electron chi connectivity index (χ4n) is 2.44. The van der Waals surface area contributed by atoms with Crippen molar-refractivity contribution < 1.29 is 18.7 Å². The lowest BCUT2D eigenvalue weighted by molar-refractivity contribution is -0.132. The molecule has 0 aliphatic heterocycles. The lowest BCUT2D eigenvalue weighted by Gasteiger charge is -2.22. The Morgan fingerprint density at radius 1 is 1.20 bits per heavy atom. The number of hydrogen-bond donors (Lipinski definition) is 2. The topological polar surface area (TPSA) is 92.9 Å². The Morgan fingerprint density at radius 2 is 1.93 bits per heavy atom. The fourth-order valence-corrected chi connectivity index (χ4v) is 3.33. The van der Waals surface area contributed by atoms with Crippen molar-refractivity contribution in [2.24, 2.45) is 11.0 Å². The molecule has 0 bridgehead atoms. The van der Waals surface area contributed by atoms with Crippen LogP contribution in [0, 0.1) is 9.68 Å². The first-order chi connectivity index (χ1) is 14.2. The molecule has 2 rings (SSSR count). The number of rotatable bonds is 9. The summed E-state index contributed by atoms with van der Waals surface area (Å²) < 4.78 is 11.7. The van der Waals surface area contributed by atoms with E-state index < -0.39 is 24.0 Å².